The van der Waals surface area contributed by atoms with E-state index in [-0.39, 0.29) is 25.9 Å². The second-order valence-corrected chi connectivity index (χ2v) is 9.53. The molecule has 7 nitrogen and oxygen atoms in total. The molecule has 1 amide bonds. The fourth-order valence-electron chi connectivity index (χ4n) is 4.49. The van der Waals surface area contributed by atoms with Crippen LogP contribution in [0.1, 0.15) is 34.3 Å². The first-order chi connectivity index (χ1) is 18.0. The summed E-state index contributed by atoms with van der Waals surface area (Å²) in [6.07, 6.45) is 0. The quantitative estimate of drug-likeness (QED) is 0.288. The zero-order chi connectivity index (χ0) is 25.9. The first-order valence-electron chi connectivity index (χ1n) is 12.0. The minimum absolute atomic E-state index is 0.0508. The molecular formula is C29H25BrN2O5. The van der Waals surface area contributed by atoms with Crippen molar-refractivity contribution in [2.45, 2.75) is 19.8 Å². The first-order valence-corrected chi connectivity index (χ1v) is 12.7. The molecule has 0 bridgehead atoms. The number of hydrogen-bond acceptors (Lipinski definition) is 6. The Bertz CT molecular complexity index is 1490. The molecule has 0 saturated carbocycles. The normalized spacial score (nSPS) is 12.8. The van der Waals surface area contributed by atoms with Gasteiger partial charge in [-0.15, -0.1) is 0 Å². The highest BCUT2D eigenvalue weighted by atomic mass is 79.9. The number of hydrogen-bond donors (Lipinski definition) is 1. The van der Waals surface area contributed by atoms with E-state index >= 15 is 0 Å². The van der Waals surface area contributed by atoms with E-state index in [1.807, 2.05) is 55.5 Å². The molecule has 0 fully saturated rings. The molecule has 188 valence electrons. The van der Waals surface area contributed by atoms with Crippen molar-refractivity contribution in [3.63, 3.8) is 0 Å². The average Bonchev–Trinajstić information content (AvgIpc) is 3.37. The van der Waals surface area contributed by atoms with Crippen LogP contribution < -0.4 is 14.8 Å². The third-order valence-electron chi connectivity index (χ3n) is 6.30. The summed E-state index contributed by atoms with van der Waals surface area (Å²) in [5, 5.41) is 3.70. The number of rotatable bonds is 7. The summed E-state index contributed by atoms with van der Waals surface area (Å²) in [4.78, 5) is 31.5. The van der Waals surface area contributed by atoms with E-state index in [4.69, 9.17) is 19.2 Å². The highest BCUT2D eigenvalue weighted by Gasteiger charge is 2.27. The summed E-state index contributed by atoms with van der Waals surface area (Å²) >= 11 is 3.51. The van der Waals surface area contributed by atoms with Crippen LogP contribution in [-0.4, -0.2) is 36.8 Å². The second-order valence-electron chi connectivity index (χ2n) is 8.62. The molecule has 4 aromatic rings. The van der Waals surface area contributed by atoms with E-state index in [9.17, 15) is 9.59 Å². The molecule has 8 heteroatoms. The summed E-state index contributed by atoms with van der Waals surface area (Å²) in [6.45, 7) is 4.06. The van der Waals surface area contributed by atoms with E-state index < -0.39 is 11.9 Å². The molecule has 5 rings (SSSR count). The molecule has 0 spiro atoms. The number of carbonyl (C=O) groups is 2. The summed E-state index contributed by atoms with van der Waals surface area (Å²) < 4.78 is 17.0. The molecule has 1 aliphatic rings. The number of fused-ring (bicyclic) bond motifs is 2. The van der Waals surface area contributed by atoms with Crippen LogP contribution in [-0.2, 0) is 9.53 Å². The van der Waals surface area contributed by atoms with E-state index in [0.717, 1.165) is 26.7 Å². The lowest BCUT2D eigenvalue weighted by molar-refractivity contribution is -0.144. The number of ether oxygens (including phenoxy) is 3. The number of benzene rings is 3. The van der Waals surface area contributed by atoms with E-state index in [2.05, 4.69) is 21.2 Å². The van der Waals surface area contributed by atoms with Gasteiger partial charge in [-0.1, -0.05) is 52.3 Å². The molecule has 1 N–H and O–H groups in total. The van der Waals surface area contributed by atoms with Crippen LogP contribution in [0, 0.1) is 6.92 Å². The lowest BCUT2D eigenvalue weighted by Gasteiger charge is -2.19. The number of carbonyl (C=O) groups excluding carboxylic acids is 2. The topological polar surface area (TPSA) is 86.8 Å². The van der Waals surface area contributed by atoms with Gasteiger partial charge in [-0.25, -0.2) is 4.98 Å². The van der Waals surface area contributed by atoms with Crippen molar-refractivity contribution in [3.8, 4) is 22.8 Å². The van der Waals surface area contributed by atoms with Gasteiger partial charge < -0.3 is 19.5 Å². The number of aromatic nitrogens is 1. The smallest absolute Gasteiger partial charge is 0.315 e. The Morgan fingerprint density at radius 3 is 2.62 bits per heavy atom. The third-order valence-corrected chi connectivity index (χ3v) is 6.79. The average molecular weight is 561 g/mol. The van der Waals surface area contributed by atoms with Crippen LogP contribution >= 0.6 is 15.9 Å². The summed E-state index contributed by atoms with van der Waals surface area (Å²) in [5.74, 6) is -0.257. The SMILES string of the molecule is CCOC(=O)C(CNC(=O)c1c(C)c(-c2ccccc2)nc2ccc(Br)cc12)c1ccc2c(c1)OCO2. The molecule has 1 unspecified atom stereocenters. The Labute approximate surface area is 222 Å². The molecule has 0 aliphatic carbocycles. The number of esters is 1. The van der Waals surface area contributed by atoms with Gasteiger partial charge in [-0.3, -0.25) is 9.59 Å². The molecular weight excluding hydrogens is 536 g/mol. The number of amides is 1. The van der Waals surface area contributed by atoms with Crippen molar-refractivity contribution in [1.29, 1.82) is 0 Å². The fraction of sp³-hybridized carbons (Fsp3) is 0.207. The van der Waals surface area contributed by atoms with Crippen LogP contribution in [0.15, 0.2) is 71.2 Å². The highest BCUT2D eigenvalue weighted by molar-refractivity contribution is 9.10. The van der Waals surface area contributed by atoms with Crippen molar-refractivity contribution in [2.24, 2.45) is 0 Å². The predicted molar refractivity (Wildman–Crippen MR) is 144 cm³/mol. The maximum Gasteiger partial charge on any atom is 0.315 e. The van der Waals surface area contributed by atoms with Gasteiger partial charge in [-0.05, 0) is 55.3 Å². The molecule has 2 heterocycles. The Hall–Kier alpha value is -3.91. The number of pyridine rings is 1. The van der Waals surface area contributed by atoms with Gasteiger partial charge in [0, 0.05) is 22.0 Å². The van der Waals surface area contributed by atoms with Gasteiger partial charge in [-0.2, -0.15) is 0 Å². The Morgan fingerprint density at radius 2 is 1.84 bits per heavy atom. The largest absolute Gasteiger partial charge is 0.465 e. The molecule has 3 aromatic carbocycles. The zero-order valence-electron chi connectivity index (χ0n) is 20.4. The minimum atomic E-state index is -0.716. The predicted octanol–water partition coefficient (Wildman–Crippen LogP) is 5.78. The Balaban J connectivity index is 1.51. The molecule has 1 aromatic heterocycles. The standard InChI is InChI=1S/C29H25BrN2O5/c1-3-35-29(34)22(19-9-12-24-25(13-19)37-16-36-24)15-31-28(33)26-17(2)27(18-7-5-4-6-8-18)32-23-11-10-20(30)14-21(23)26/h4-14,22H,3,15-16H2,1-2H3,(H,31,33). The van der Waals surface area contributed by atoms with Crippen molar-refractivity contribution in [2.75, 3.05) is 19.9 Å². The van der Waals surface area contributed by atoms with Gasteiger partial charge in [0.05, 0.1) is 29.3 Å². The van der Waals surface area contributed by atoms with E-state index in [0.29, 0.717) is 28.1 Å². The van der Waals surface area contributed by atoms with Gasteiger partial charge in [0.1, 0.15) is 0 Å². The summed E-state index contributed by atoms with van der Waals surface area (Å²) in [7, 11) is 0. The lowest BCUT2D eigenvalue weighted by atomic mass is 9.96. The number of nitrogens with one attached hydrogen (secondary N) is 1. The van der Waals surface area contributed by atoms with E-state index in [1.165, 1.54) is 0 Å². The molecule has 1 aliphatic heterocycles. The minimum Gasteiger partial charge on any atom is -0.465 e. The fourth-order valence-corrected chi connectivity index (χ4v) is 4.85. The van der Waals surface area contributed by atoms with Gasteiger partial charge in [0.15, 0.2) is 11.5 Å². The lowest BCUT2D eigenvalue weighted by Crippen LogP contribution is -2.33. The second kappa shape index (κ2) is 10.6. The van der Waals surface area contributed by atoms with Crippen molar-refractivity contribution in [3.05, 3.63) is 87.9 Å². The first kappa shape index (κ1) is 24.8. The Morgan fingerprint density at radius 1 is 1.05 bits per heavy atom. The summed E-state index contributed by atoms with van der Waals surface area (Å²) in [6, 6.07) is 20.7. The maximum atomic E-state index is 13.7. The highest BCUT2D eigenvalue weighted by Crippen LogP contribution is 2.35. The Kier molecular flexibility index (Phi) is 7.10. The van der Waals surface area contributed by atoms with Crippen LogP contribution in [0.2, 0.25) is 0 Å². The zero-order valence-corrected chi connectivity index (χ0v) is 22.0. The van der Waals surface area contributed by atoms with E-state index in [1.54, 1.807) is 25.1 Å². The van der Waals surface area contributed by atoms with Crippen LogP contribution in [0.4, 0.5) is 0 Å². The number of nitrogens with zero attached hydrogens (tertiary/aromatic N) is 1. The van der Waals surface area contributed by atoms with Gasteiger partial charge >= 0.3 is 5.97 Å². The molecule has 0 radical (unpaired) electrons. The molecule has 0 saturated heterocycles. The van der Waals surface area contributed by atoms with Gasteiger partial charge in [0.2, 0.25) is 6.79 Å². The molecule has 1 atom stereocenters. The monoisotopic (exact) mass is 560 g/mol. The van der Waals surface area contributed by atoms with Crippen LogP contribution in [0.3, 0.4) is 0 Å². The summed E-state index contributed by atoms with van der Waals surface area (Å²) in [5.41, 5.74) is 4.30. The molecule has 37 heavy (non-hydrogen) atoms. The van der Waals surface area contributed by atoms with Crippen LogP contribution in [0.5, 0.6) is 11.5 Å². The van der Waals surface area contributed by atoms with Crippen molar-refractivity contribution < 1.29 is 23.8 Å². The van der Waals surface area contributed by atoms with Crippen molar-refractivity contribution in [1.82, 2.24) is 10.3 Å². The third kappa shape index (κ3) is 5.02. The van der Waals surface area contributed by atoms with Gasteiger partial charge in [0.25, 0.3) is 5.91 Å². The number of halogens is 1. The van der Waals surface area contributed by atoms with Crippen molar-refractivity contribution >= 4 is 38.7 Å². The maximum absolute atomic E-state index is 13.7. The van der Waals surface area contributed by atoms with Crippen LogP contribution in [0.25, 0.3) is 22.2 Å².